The Morgan fingerprint density at radius 2 is 2.40 bits per heavy atom. The zero-order valence-electron chi connectivity index (χ0n) is 6.09. The second-order valence-electron chi connectivity index (χ2n) is 2.11. The molecule has 52 valence electrons. The Bertz CT molecular complexity index is 239. The molecule has 0 saturated carbocycles. The number of ether oxygens (including phenoxy) is 1. The Morgan fingerprint density at radius 3 is 2.90 bits per heavy atom. The van der Waals surface area contributed by atoms with Crippen LogP contribution in [0.15, 0.2) is 12.3 Å². The molecule has 0 amide bonds. The minimum atomic E-state index is 0.491. The van der Waals surface area contributed by atoms with Crippen molar-refractivity contribution in [3.05, 3.63) is 12.3 Å². The minimum Gasteiger partial charge on any atom is -0.480 e. The summed E-state index contributed by atoms with van der Waals surface area (Å²) >= 11 is 0. The lowest BCUT2D eigenvalue weighted by Crippen LogP contribution is -2.06. The van der Waals surface area contributed by atoms with Crippen molar-refractivity contribution in [1.82, 2.24) is 4.98 Å². The summed E-state index contributed by atoms with van der Waals surface area (Å²) < 4.78 is 4.86. The first-order chi connectivity index (χ1) is 4.74. The Kier molecular flexibility index (Phi) is 1.80. The highest BCUT2D eigenvalue weighted by atomic mass is 16.5. The predicted molar refractivity (Wildman–Crippen MR) is 43.4 cm³/mol. The molecular weight excluding hydrogens is 127 g/mol. The highest BCUT2D eigenvalue weighted by Gasteiger charge is 1.97. The van der Waals surface area contributed by atoms with Gasteiger partial charge in [0.15, 0.2) is 0 Å². The average molecular weight is 136 g/mol. The van der Waals surface area contributed by atoms with Gasteiger partial charge in [0, 0.05) is 6.20 Å². The van der Waals surface area contributed by atoms with Crippen LogP contribution in [-0.4, -0.2) is 19.9 Å². The molecule has 10 heavy (non-hydrogen) atoms. The summed E-state index contributed by atoms with van der Waals surface area (Å²) in [5.74, 6) is 0.491. The van der Waals surface area contributed by atoms with Crippen molar-refractivity contribution in [2.45, 2.75) is 0 Å². The highest BCUT2D eigenvalue weighted by Crippen LogP contribution is 2.12. The van der Waals surface area contributed by atoms with Crippen molar-refractivity contribution in [3.8, 4) is 5.88 Å². The third-order valence-corrected chi connectivity index (χ3v) is 1.21. The molecular formula is C6H9BN2O. The topological polar surface area (TPSA) is 48.1 Å². The van der Waals surface area contributed by atoms with E-state index in [-0.39, 0.29) is 0 Å². The lowest BCUT2D eigenvalue weighted by Gasteiger charge is -2.01. The van der Waals surface area contributed by atoms with E-state index in [9.17, 15) is 0 Å². The van der Waals surface area contributed by atoms with Gasteiger partial charge in [0.2, 0.25) is 5.88 Å². The van der Waals surface area contributed by atoms with Gasteiger partial charge in [-0.3, -0.25) is 0 Å². The molecule has 0 aliphatic rings. The number of nitrogen functional groups attached to an aromatic ring is 1. The minimum absolute atomic E-state index is 0.491. The van der Waals surface area contributed by atoms with E-state index in [1.165, 1.54) is 0 Å². The smallest absolute Gasteiger partial charge is 0.236 e. The third-order valence-electron chi connectivity index (χ3n) is 1.21. The Balaban J connectivity index is 3.07. The van der Waals surface area contributed by atoms with Crippen molar-refractivity contribution in [2.24, 2.45) is 0 Å². The fourth-order valence-corrected chi connectivity index (χ4v) is 0.750. The van der Waals surface area contributed by atoms with E-state index in [1.807, 2.05) is 13.9 Å². The maximum Gasteiger partial charge on any atom is 0.236 e. The monoisotopic (exact) mass is 136 g/mol. The molecule has 0 radical (unpaired) electrons. The van der Waals surface area contributed by atoms with Gasteiger partial charge in [-0.2, -0.15) is 0 Å². The lowest BCUT2D eigenvalue weighted by atomic mass is 9.99. The predicted octanol–water partition coefficient (Wildman–Crippen LogP) is -1.07. The fraction of sp³-hybridized carbons (Fsp3) is 0.167. The van der Waals surface area contributed by atoms with Crippen molar-refractivity contribution in [2.75, 3.05) is 12.8 Å². The van der Waals surface area contributed by atoms with Crippen LogP contribution in [0.5, 0.6) is 5.88 Å². The number of nitrogens with two attached hydrogens (primary N) is 1. The second-order valence-corrected chi connectivity index (χ2v) is 2.11. The first-order valence-electron chi connectivity index (χ1n) is 3.00. The number of nitrogens with zero attached hydrogens (tertiary/aromatic N) is 1. The van der Waals surface area contributed by atoms with Crippen LogP contribution in [0.3, 0.4) is 0 Å². The Morgan fingerprint density at radius 1 is 1.70 bits per heavy atom. The standard InChI is InChI=1S/C6H9BN2O/c1-10-6-5(8)2-4(7)3-9-6/h2-3H,7-8H2,1H3. The van der Waals surface area contributed by atoms with Gasteiger partial charge < -0.3 is 10.5 Å². The molecule has 1 aromatic heterocycles. The molecule has 0 aliphatic carbocycles. The summed E-state index contributed by atoms with van der Waals surface area (Å²) in [5, 5.41) is 0. The number of anilines is 1. The largest absolute Gasteiger partial charge is 0.480 e. The van der Waals surface area contributed by atoms with E-state index in [2.05, 4.69) is 4.98 Å². The number of hydrogen-bond acceptors (Lipinski definition) is 3. The summed E-state index contributed by atoms with van der Waals surface area (Å²) in [6, 6.07) is 1.83. The molecule has 3 nitrogen and oxygen atoms in total. The summed E-state index contributed by atoms with van der Waals surface area (Å²) in [6.07, 6.45) is 1.72. The zero-order valence-corrected chi connectivity index (χ0v) is 6.09. The van der Waals surface area contributed by atoms with Gasteiger partial charge >= 0.3 is 0 Å². The molecule has 0 bridgehead atoms. The fourth-order valence-electron chi connectivity index (χ4n) is 0.750. The molecule has 1 rings (SSSR count). The summed E-state index contributed by atoms with van der Waals surface area (Å²) in [4.78, 5) is 3.95. The Hall–Kier alpha value is -1.19. The lowest BCUT2D eigenvalue weighted by molar-refractivity contribution is 0.400. The van der Waals surface area contributed by atoms with Gasteiger partial charge in [-0.1, -0.05) is 5.46 Å². The maximum absolute atomic E-state index is 5.54. The van der Waals surface area contributed by atoms with Gasteiger partial charge in [-0.25, -0.2) is 4.98 Å². The van der Waals surface area contributed by atoms with Crippen LogP contribution >= 0.6 is 0 Å². The van der Waals surface area contributed by atoms with Gasteiger partial charge in [0.25, 0.3) is 0 Å². The second kappa shape index (κ2) is 2.60. The third kappa shape index (κ3) is 1.21. The quantitative estimate of drug-likeness (QED) is 0.500. The van der Waals surface area contributed by atoms with Gasteiger partial charge in [0.05, 0.1) is 12.8 Å². The number of pyridine rings is 1. The maximum atomic E-state index is 5.54. The van der Waals surface area contributed by atoms with Crippen LogP contribution in [0, 0.1) is 0 Å². The summed E-state index contributed by atoms with van der Waals surface area (Å²) in [7, 11) is 3.48. The van der Waals surface area contributed by atoms with Crippen LogP contribution in [0.4, 0.5) is 5.69 Å². The number of rotatable bonds is 1. The first-order valence-corrected chi connectivity index (χ1v) is 3.00. The molecule has 0 spiro atoms. The summed E-state index contributed by atoms with van der Waals surface area (Å²) in [5.41, 5.74) is 7.17. The van der Waals surface area contributed by atoms with Crippen LogP contribution in [0.2, 0.25) is 0 Å². The number of aromatic nitrogens is 1. The molecule has 1 aromatic rings. The Labute approximate surface area is 60.6 Å². The molecule has 0 saturated heterocycles. The van der Waals surface area contributed by atoms with E-state index in [4.69, 9.17) is 10.5 Å². The van der Waals surface area contributed by atoms with Gasteiger partial charge in [0.1, 0.15) is 7.85 Å². The molecule has 0 fully saturated rings. The average Bonchev–Trinajstić information content (AvgIpc) is 1.88. The van der Waals surface area contributed by atoms with Crippen molar-refractivity contribution in [1.29, 1.82) is 0 Å². The number of methoxy groups -OCH3 is 1. The van der Waals surface area contributed by atoms with Crippen LogP contribution in [-0.2, 0) is 0 Å². The van der Waals surface area contributed by atoms with Crippen molar-refractivity contribution >= 4 is 19.0 Å². The summed E-state index contributed by atoms with van der Waals surface area (Å²) in [6.45, 7) is 0. The van der Waals surface area contributed by atoms with Crippen molar-refractivity contribution < 1.29 is 4.74 Å². The zero-order chi connectivity index (χ0) is 7.56. The van der Waals surface area contributed by atoms with Crippen LogP contribution < -0.4 is 15.9 Å². The number of hydrogen-bond donors (Lipinski definition) is 1. The highest BCUT2D eigenvalue weighted by molar-refractivity contribution is 6.32. The van der Waals surface area contributed by atoms with Gasteiger partial charge in [-0.05, 0) is 6.07 Å². The van der Waals surface area contributed by atoms with Gasteiger partial charge in [-0.15, -0.1) is 0 Å². The van der Waals surface area contributed by atoms with Crippen LogP contribution in [0.1, 0.15) is 0 Å². The molecule has 0 aliphatic heterocycles. The normalized spacial score (nSPS) is 9.30. The molecule has 1 heterocycles. The molecule has 0 unspecified atom stereocenters. The van der Waals surface area contributed by atoms with E-state index < -0.39 is 0 Å². The SMILES string of the molecule is Bc1cnc(OC)c(N)c1. The molecule has 0 aromatic carbocycles. The first kappa shape index (κ1) is 6.93. The molecule has 2 N–H and O–H groups in total. The van der Waals surface area contributed by atoms with E-state index in [1.54, 1.807) is 13.3 Å². The molecule has 4 heteroatoms. The van der Waals surface area contributed by atoms with E-state index in [0.717, 1.165) is 5.46 Å². The van der Waals surface area contributed by atoms with Crippen LogP contribution in [0.25, 0.3) is 0 Å². The van der Waals surface area contributed by atoms with Crippen molar-refractivity contribution in [3.63, 3.8) is 0 Å². The van der Waals surface area contributed by atoms with E-state index in [0.29, 0.717) is 11.6 Å². The molecule has 0 atom stereocenters. The van der Waals surface area contributed by atoms with E-state index >= 15 is 0 Å².